The first-order chi connectivity index (χ1) is 16.6. The number of hydrogen-bond donors (Lipinski definition) is 2. The van der Waals surface area contributed by atoms with E-state index < -0.39 is 5.79 Å². The van der Waals surface area contributed by atoms with Crippen LogP contribution in [0.25, 0.3) is 10.9 Å². The van der Waals surface area contributed by atoms with E-state index in [9.17, 15) is 0 Å². The Labute approximate surface area is 197 Å². The van der Waals surface area contributed by atoms with Crippen LogP contribution in [0.3, 0.4) is 0 Å². The van der Waals surface area contributed by atoms with Crippen molar-refractivity contribution in [2.75, 3.05) is 49.8 Å². The number of aromatic amines is 1. The van der Waals surface area contributed by atoms with Gasteiger partial charge in [-0.15, -0.1) is 0 Å². The number of hydrazone groups is 1. The van der Waals surface area contributed by atoms with Crippen LogP contribution < -0.4 is 15.1 Å². The van der Waals surface area contributed by atoms with Crippen LogP contribution in [-0.4, -0.2) is 77.6 Å². The van der Waals surface area contributed by atoms with Crippen molar-refractivity contribution in [3.8, 4) is 6.01 Å². The molecule has 180 valence electrons. The van der Waals surface area contributed by atoms with E-state index >= 15 is 0 Å². The highest BCUT2D eigenvalue weighted by atomic mass is 16.7. The summed E-state index contributed by atoms with van der Waals surface area (Å²) < 4.78 is 22.8. The van der Waals surface area contributed by atoms with Crippen molar-refractivity contribution in [1.82, 2.24) is 19.9 Å². The molecule has 2 saturated heterocycles. The summed E-state index contributed by atoms with van der Waals surface area (Å²) in [5.41, 5.74) is 4.93. The Kier molecular flexibility index (Phi) is 6.57. The van der Waals surface area contributed by atoms with E-state index in [1.54, 1.807) is 6.21 Å². The highest BCUT2D eigenvalue weighted by Gasteiger charge is 2.32. The fourth-order valence-corrected chi connectivity index (χ4v) is 3.91. The van der Waals surface area contributed by atoms with Gasteiger partial charge >= 0.3 is 6.01 Å². The normalized spacial score (nSPS) is 20.3. The molecule has 11 heteroatoms. The molecule has 5 rings (SSSR count). The number of fused-ring (bicyclic) bond motifs is 1. The van der Waals surface area contributed by atoms with Gasteiger partial charge in [-0.25, -0.2) is 5.43 Å². The third kappa shape index (κ3) is 5.44. The van der Waals surface area contributed by atoms with Crippen molar-refractivity contribution in [2.24, 2.45) is 5.10 Å². The van der Waals surface area contributed by atoms with Gasteiger partial charge in [-0.05, 0) is 19.9 Å². The molecule has 2 aliphatic heterocycles. The Hall–Kier alpha value is -3.28. The van der Waals surface area contributed by atoms with Gasteiger partial charge in [0.25, 0.3) is 5.95 Å². The molecule has 1 atom stereocenters. The van der Waals surface area contributed by atoms with Gasteiger partial charge in [-0.1, -0.05) is 18.2 Å². The van der Waals surface area contributed by atoms with Gasteiger partial charge in [0.05, 0.1) is 38.7 Å². The van der Waals surface area contributed by atoms with E-state index in [1.807, 2.05) is 49.2 Å². The molecule has 0 radical (unpaired) electrons. The molecule has 4 heterocycles. The van der Waals surface area contributed by atoms with Gasteiger partial charge < -0.3 is 28.8 Å². The first-order valence-electron chi connectivity index (χ1n) is 11.4. The summed E-state index contributed by atoms with van der Waals surface area (Å²) in [6.45, 7) is 7.40. The smallest absolute Gasteiger partial charge is 0.323 e. The van der Waals surface area contributed by atoms with Crippen molar-refractivity contribution in [3.05, 3.63) is 36.0 Å². The van der Waals surface area contributed by atoms with Crippen molar-refractivity contribution < 1.29 is 18.9 Å². The molecule has 11 nitrogen and oxygen atoms in total. The Morgan fingerprint density at radius 2 is 2.09 bits per heavy atom. The summed E-state index contributed by atoms with van der Waals surface area (Å²) in [6, 6.07) is 8.28. The van der Waals surface area contributed by atoms with E-state index in [-0.39, 0.29) is 12.1 Å². The zero-order chi connectivity index (χ0) is 23.4. The van der Waals surface area contributed by atoms with Gasteiger partial charge in [0, 0.05) is 42.2 Å². The summed E-state index contributed by atoms with van der Waals surface area (Å²) in [7, 11) is 0. The van der Waals surface area contributed by atoms with Gasteiger partial charge in [0.15, 0.2) is 5.79 Å². The van der Waals surface area contributed by atoms with E-state index in [1.165, 1.54) is 0 Å². The Morgan fingerprint density at radius 1 is 1.24 bits per heavy atom. The molecule has 0 saturated carbocycles. The third-order valence-electron chi connectivity index (χ3n) is 5.62. The SMILES string of the molecule is CC1(C)OCC(CCOc2nc(N/N=C/c3c[nH]c4ccccc34)nc(N3CCOCC3)n2)O1. The molecule has 0 amide bonds. The van der Waals surface area contributed by atoms with Crippen molar-refractivity contribution in [3.63, 3.8) is 0 Å². The quantitative estimate of drug-likeness (QED) is 0.380. The molecule has 0 aliphatic carbocycles. The van der Waals surface area contributed by atoms with Gasteiger partial charge in [-0.2, -0.15) is 20.1 Å². The molecular weight excluding hydrogens is 438 g/mol. The summed E-state index contributed by atoms with van der Waals surface area (Å²) >= 11 is 0. The predicted molar refractivity (Wildman–Crippen MR) is 127 cm³/mol. The molecule has 0 spiro atoms. The van der Waals surface area contributed by atoms with Gasteiger partial charge in [0.2, 0.25) is 5.95 Å². The lowest BCUT2D eigenvalue weighted by molar-refractivity contribution is -0.139. The minimum atomic E-state index is -0.554. The number of morpholine rings is 1. The Bertz CT molecular complexity index is 1140. The van der Waals surface area contributed by atoms with Gasteiger partial charge in [-0.3, -0.25) is 0 Å². The van der Waals surface area contributed by atoms with Crippen LogP contribution in [-0.2, 0) is 14.2 Å². The number of ether oxygens (including phenoxy) is 4. The number of rotatable bonds is 8. The highest BCUT2D eigenvalue weighted by molar-refractivity contribution is 5.99. The van der Waals surface area contributed by atoms with Crippen molar-refractivity contribution >= 4 is 29.0 Å². The largest absolute Gasteiger partial charge is 0.463 e. The van der Waals surface area contributed by atoms with Crippen molar-refractivity contribution in [1.29, 1.82) is 0 Å². The highest BCUT2D eigenvalue weighted by Crippen LogP contribution is 2.24. The second kappa shape index (κ2) is 9.92. The molecule has 2 aliphatic rings. The van der Waals surface area contributed by atoms with Gasteiger partial charge in [0.1, 0.15) is 0 Å². The summed E-state index contributed by atoms with van der Waals surface area (Å²) in [6.07, 6.45) is 4.29. The average molecular weight is 468 g/mol. The maximum atomic E-state index is 5.87. The van der Waals surface area contributed by atoms with Crippen LogP contribution in [0.2, 0.25) is 0 Å². The lowest BCUT2D eigenvalue weighted by Crippen LogP contribution is -2.37. The molecule has 1 aromatic carbocycles. The maximum absolute atomic E-state index is 5.87. The minimum Gasteiger partial charge on any atom is -0.463 e. The summed E-state index contributed by atoms with van der Waals surface area (Å²) in [4.78, 5) is 18.7. The molecule has 2 aromatic heterocycles. The van der Waals surface area contributed by atoms with Crippen molar-refractivity contribution in [2.45, 2.75) is 32.2 Å². The number of para-hydroxylation sites is 1. The third-order valence-corrected chi connectivity index (χ3v) is 5.62. The first kappa shape index (κ1) is 22.5. The second-order valence-electron chi connectivity index (χ2n) is 8.59. The topological polar surface area (TPSA) is 119 Å². The number of nitrogens with zero attached hydrogens (tertiary/aromatic N) is 5. The van der Waals surface area contributed by atoms with Crippen LogP contribution in [0.4, 0.5) is 11.9 Å². The lowest BCUT2D eigenvalue weighted by Gasteiger charge is -2.26. The number of H-pyrrole nitrogens is 1. The minimum absolute atomic E-state index is 0.0195. The van der Waals surface area contributed by atoms with E-state index in [0.717, 1.165) is 16.5 Å². The zero-order valence-electron chi connectivity index (χ0n) is 19.4. The molecule has 0 bridgehead atoms. The standard InChI is InChI=1S/C23H29N7O4/c1-23(2)33-15-17(34-23)7-10-32-22-27-20(26-21(28-22)30-8-11-31-12-9-30)29-25-14-16-13-24-19-6-4-3-5-18(16)19/h3-6,13-14,17,24H,7-12,15H2,1-2H3,(H,26,27,28,29)/b25-14+. The summed E-state index contributed by atoms with van der Waals surface area (Å²) in [5.74, 6) is 0.283. The average Bonchev–Trinajstić information content (AvgIpc) is 3.42. The lowest BCUT2D eigenvalue weighted by atomic mass is 10.2. The first-order valence-corrected chi connectivity index (χ1v) is 11.4. The molecule has 2 N–H and O–H groups in total. The monoisotopic (exact) mass is 467 g/mol. The fraction of sp³-hybridized carbons (Fsp3) is 0.478. The maximum Gasteiger partial charge on any atom is 0.323 e. The van der Waals surface area contributed by atoms with E-state index in [4.69, 9.17) is 18.9 Å². The Morgan fingerprint density at radius 3 is 2.91 bits per heavy atom. The molecular formula is C23H29N7O4. The number of aromatic nitrogens is 4. The fourth-order valence-electron chi connectivity index (χ4n) is 3.91. The predicted octanol–water partition coefficient (Wildman–Crippen LogP) is 2.56. The van der Waals surface area contributed by atoms with E-state index in [2.05, 4.69) is 30.5 Å². The number of anilines is 2. The summed E-state index contributed by atoms with van der Waals surface area (Å²) in [5, 5.41) is 5.42. The second-order valence-corrected chi connectivity index (χ2v) is 8.59. The molecule has 1 unspecified atom stereocenters. The molecule has 34 heavy (non-hydrogen) atoms. The van der Waals surface area contributed by atoms with E-state index in [0.29, 0.717) is 57.8 Å². The number of benzene rings is 1. The van der Waals surface area contributed by atoms with Crippen LogP contribution in [0.5, 0.6) is 6.01 Å². The zero-order valence-corrected chi connectivity index (χ0v) is 19.4. The molecule has 3 aromatic rings. The van der Waals surface area contributed by atoms with Crippen LogP contribution >= 0.6 is 0 Å². The molecule has 2 fully saturated rings. The van der Waals surface area contributed by atoms with Crippen LogP contribution in [0.1, 0.15) is 25.8 Å². The van der Waals surface area contributed by atoms with Crippen LogP contribution in [0.15, 0.2) is 35.6 Å². The number of nitrogens with one attached hydrogen (secondary N) is 2. The number of hydrogen-bond acceptors (Lipinski definition) is 10. The van der Waals surface area contributed by atoms with Crippen LogP contribution in [0, 0.1) is 0 Å². The Balaban J connectivity index is 1.28.